The van der Waals surface area contributed by atoms with Crippen molar-refractivity contribution in [3.63, 3.8) is 0 Å². The Hall–Kier alpha value is -2.77. The number of nitrogens with zero attached hydrogens (tertiary/aromatic N) is 1. The maximum Gasteiger partial charge on any atom is 0.252 e. The largest absolute Gasteiger partial charge is 0.507 e. The maximum absolute atomic E-state index is 11.3. The van der Waals surface area contributed by atoms with E-state index in [1.807, 2.05) is 31.3 Å². The molecule has 28 heavy (non-hydrogen) atoms. The summed E-state index contributed by atoms with van der Waals surface area (Å²) in [4.78, 5) is 13.5. The fraction of sp³-hybridized carbons (Fsp3) is 0.381. The van der Waals surface area contributed by atoms with Crippen LogP contribution in [-0.2, 0) is 0 Å². The fourth-order valence-electron chi connectivity index (χ4n) is 2.86. The van der Waals surface area contributed by atoms with Gasteiger partial charge >= 0.3 is 0 Å². The molecule has 7 heteroatoms. The zero-order valence-corrected chi connectivity index (χ0v) is 16.6. The molecule has 0 radical (unpaired) electrons. The first-order valence-electron chi connectivity index (χ1n) is 9.21. The van der Waals surface area contributed by atoms with Gasteiger partial charge in [0.2, 0.25) is 0 Å². The summed E-state index contributed by atoms with van der Waals surface area (Å²) < 4.78 is 5.26. The predicted molar refractivity (Wildman–Crippen MR) is 110 cm³/mol. The number of nitrogens with two attached hydrogens (primary N) is 1. The van der Waals surface area contributed by atoms with Crippen molar-refractivity contribution in [3.05, 3.63) is 53.6 Å². The number of nitrogens with one attached hydrogen (secondary N) is 1. The third kappa shape index (κ3) is 5.87. The van der Waals surface area contributed by atoms with Gasteiger partial charge in [0.1, 0.15) is 11.5 Å². The summed E-state index contributed by atoms with van der Waals surface area (Å²) in [5, 5.41) is 23.3. The molecule has 5 N–H and O–H groups in total. The van der Waals surface area contributed by atoms with Crippen molar-refractivity contribution in [3.8, 4) is 11.5 Å². The average Bonchev–Trinajstić information content (AvgIpc) is 2.70. The molecule has 152 valence electrons. The van der Waals surface area contributed by atoms with E-state index in [2.05, 4.69) is 17.1 Å². The lowest BCUT2D eigenvalue weighted by molar-refractivity contribution is 0.0997. The number of primary amides is 1. The van der Waals surface area contributed by atoms with E-state index in [1.165, 1.54) is 12.1 Å². The normalized spacial score (nSPS) is 13.0. The topological polar surface area (TPSA) is 108 Å². The van der Waals surface area contributed by atoms with Gasteiger partial charge in [0.05, 0.1) is 18.8 Å². The molecule has 0 saturated heterocycles. The SMILES string of the molecule is COc1cccc(N(C)CCC(C)NCC(O)c2ccc(O)c(C(N)=O)c2)c1. The van der Waals surface area contributed by atoms with Crippen LogP contribution in [0.5, 0.6) is 11.5 Å². The lowest BCUT2D eigenvalue weighted by Crippen LogP contribution is -2.33. The molecule has 2 aromatic carbocycles. The van der Waals surface area contributed by atoms with Gasteiger partial charge in [-0.05, 0) is 43.2 Å². The highest BCUT2D eigenvalue weighted by Gasteiger charge is 2.14. The van der Waals surface area contributed by atoms with Gasteiger partial charge in [0, 0.05) is 37.9 Å². The number of anilines is 1. The van der Waals surface area contributed by atoms with Crippen LogP contribution in [-0.4, -0.2) is 49.4 Å². The van der Waals surface area contributed by atoms with Crippen molar-refractivity contribution in [2.75, 3.05) is 32.1 Å². The number of hydrogen-bond acceptors (Lipinski definition) is 6. The third-order valence-corrected chi connectivity index (χ3v) is 4.72. The Labute approximate surface area is 165 Å². The van der Waals surface area contributed by atoms with Gasteiger partial charge in [-0.1, -0.05) is 12.1 Å². The Morgan fingerprint density at radius 3 is 2.71 bits per heavy atom. The smallest absolute Gasteiger partial charge is 0.252 e. The van der Waals surface area contributed by atoms with Crippen molar-refractivity contribution in [2.45, 2.75) is 25.5 Å². The number of carbonyl (C=O) groups is 1. The Balaban J connectivity index is 1.84. The van der Waals surface area contributed by atoms with E-state index in [9.17, 15) is 15.0 Å². The molecule has 0 bridgehead atoms. The summed E-state index contributed by atoms with van der Waals surface area (Å²) in [7, 11) is 3.68. The van der Waals surface area contributed by atoms with E-state index in [-0.39, 0.29) is 17.4 Å². The molecule has 0 aliphatic heterocycles. The molecular weight excluding hydrogens is 358 g/mol. The summed E-state index contributed by atoms with van der Waals surface area (Å²) in [6.07, 6.45) is 0.0694. The lowest BCUT2D eigenvalue weighted by Gasteiger charge is -2.23. The summed E-state index contributed by atoms with van der Waals surface area (Å²) in [5.41, 5.74) is 6.84. The lowest BCUT2D eigenvalue weighted by atomic mass is 10.0. The zero-order chi connectivity index (χ0) is 20.7. The summed E-state index contributed by atoms with van der Waals surface area (Å²) in [6, 6.07) is 12.4. The number of methoxy groups -OCH3 is 1. The fourth-order valence-corrected chi connectivity index (χ4v) is 2.86. The van der Waals surface area contributed by atoms with Crippen LogP contribution in [0.4, 0.5) is 5.69 Å². The van der Waals surface area contributed by atoms with Crippen LogP contribution in [0.15, 0.2) is 42.5 Å². The van der Waals surface area contributed by atoms with Crippen molar-refractivity contribution in [1.82, 2.24) is 5.32 Å². The minimum absolute atomic E-state index is 0.00418. The Bertz CT molecular complexity index is 797. The highest BCUT2D eigenvalue weighted by Crippen LogP contribution is 2.22. The number of amides is 1. The molecule has 0 saturated carbocycles. The molecule has 2 rings (SSSR count). The molecule has 2 atom stereocenters. The Morgan fingerprint density at radius 1 is 1.29 bits per heavy atom. The van der Waals surface area contributed by atoms with E-state index >= 15 is 0 Å². The zero-order valence-electron chi connectivity index (χ0n) is 16.6. The van der Waals surface area contributed by atoms with Gasteiger partial charge in [0.25, 0.3) is 5.91 Å². The van der Waals surface area contributed by atoms with Gasteiger partial charge < -0.3 is 30.9 Å². The van der Waals surface area contributed by atoms with Crippen LogP contribution in [0.25, 0.3) is 0 Å². The molecular formula is C21H29N3O4. The molecule has 2 unspecified atom stereocenters. The third-order valence-electron chi connectivity index (χ3n) is 4.72. The number of aliphatic hydroxyl groups excluding tert-OH is 1. The molecule has 0 heterocycles. The molecule has 0 fully saturated rings. The van der Waals surface area contributed by atoms with Crippen molar-refractivity contribution >= 4 is 11.6 Å². The summed E-state index contributed by atoms with van der Waals surface area (Å²) >= 11 is 0. The second-order valence-corrected chi connectivity index (χ2v) is 6.88. The monoisotopic (exact) mass is 387 g/mol. The number of phenols is 1. The summed E-state index contributed by atoms with van der Waals surface area (Å²) in [6.45, 7) is 3.22. The predicted octanol–water partition coefficient (Wildman–Crippen LogP) is 2.04. The van der Waals surface area contributed by atoms with Crippen LogP contribution in [0.3, 0.4) is 0 Å². The molecule has 2 aromatic rings. The van der Waals surface area contributed by atoms with Gasteiger partial charge in [-0.25, -0.2) is 0 Å². The second-order valence-electron chi connectivity index (χ2n) is 6.88. The van der Waals surface area contributed by atoms with Crippen LogP contribution >= 0.6 is 0 Å². The molecule has 0 aliphatic rings. The molecule has 0 aromatic heterocycles. The van der Waals surface area contributed by atoms with E-state index in [0.717, 1.165) is 24.4 Å². The number of aromatic hydroxyl groups is 1. The molecule has 0 aliphatic carbocycles. The second kappa shape index (κ2) is 9.96. The summed E-state index contributed by atoms with van der Waals surface area (Å²) in [5.74, 6) is -0.0957. The molecule has 7 nitrogen and oxygen atoms in total. The first-order chi connectivity index (χ1) is 13.3. The Kier molecular flexibility index (Phi) is 7.66. The first kappa shape index (κ1) is 21.5. The number of rotatable bonds is 10. The van der Waals surface area contributed by atoms with E-state index in [1.54, 1.807) is 13.2 Å². The quantitative estimate of drug-likeness (QED) is 0.497. The molecule has 0 spiro atoms. The van der Waals surface area contributed by atoms with Crippen molar-refractivity contribution in [1.29, 1.82) is 0 Å². The van der Waals surface area contributed by atoms with Crippen molar-refractivity contribution < 1.29 is 19.7 Å². The highest BCUT2D eigenvalue weighted by atomic mass is 16.5. The number of aliphatic hydroxyl groups is 1. The van der Waals surface area contributed by atoms with Gasteiger partial charge in [-0.3, -0.25) is 4.79 Å². The Morgan fingerprint density at radius 2 is 2.04 bits per heavy atom. The van der Waals surface area contributed by atoms with E-state index in [0.29, 0.717) is 12.1 Å². The van der Waals surface area contributed by atoms with E-state index in [4.69, 9.17) is 10.5 Å². The van der Waals surface area contributed by atoms with Crippen LogP contribution in [0.1, 0.15) is 35.4 Å². The first-order valence-corrected chi connectivity index (χ1v) is 9.21. The maximum atomic E-state index is 11.3. The van der Waals surface area contributed by atoms with E-state index < -0.39 is 12.0 Å². The van der Waals surface area contributed by atoms with Crippen LogP contribution in [0.2, 0.25) is 0 Å². The average molecular weight is 387 g/mol. The van der Waals surface area contributed by atoms with Crippen LogP contribution < -0.4 is 20.7 Å². The van der Waals surface area contributed by atoms with Gasteiger partial charge in [-0.2, -0.15) is 0 Å². The molecule has 1 amide bonds. The number of benzene rings is 2. The van der Waals surface area contributed by atoms with Crippen LogP contribution in [0, 0.1) is 0 Å². The number of carbonyl (C=O) groups excluding carboxylic acids is 1. The van der Waals surface area contributed by atoms with Gasteiger partial charge in [0.15, 0.2) is 0 Å². The van der Waals surface area contributed by atoms with Crippen molar-refractivity contribution in [2.24, 2.45) is 5.73 Å². The minimum atomic E-state index is -0.808. The van der Waals surface area contributed by atoms with Gasteiger partial charge in [-0.15, -0.1) is 0 Å². The standard InChI is InChI=1S/C21H29N3O4/c1-14(9-10-24(2)16-5-4-6-17(12-16)28-3)23-13-20(26)15-7-8-19(25)18(11-15)21(22)27/h4-8,11-12,14,20,23,25-26H,9-10,13H2,1-3H3,(H2,22,27). The number of hydrogen-bond donors (Lipinski definition) is 4. The highest BCUT2D eigenvalue weighted by molar-refractivity contribution is 5.95. The number of ether oxygens (including phenoxy) is 1. The minimum Gasteiger partial charge on any atom is -0.507 e.